The highest BCUT2D eigenvalue weighted by atomic mass is 32.2. The lowest BCUT2D eigenvalue weighted by Gasteiger charge is -2.09. The zero-order chi connectivity index (χ0) is 16.4. The van der Waals surface area contributed by atoms with Crippen LogP contribution in [-0.4, -0.2) is 13.4 Å². The van der Waals surface area contributed by atoms with Gasteiger partial charge in [-0.05, 0) is 43.7 Å². The Balaban J connectivity index is 1.91. The van der Waals surface area contributed by atoms with E-state index in [9.17, 15) is 8.42 Å². The summed E-state index contributed by atoms with van der Waals surface area (Å²) in [7, 11) is -3.60. The van der Waals surface area contributed by atoms with Gasteiger partial charge in [0.15, 0.2) is 0 Å². The average Bonchev–Trinajstić information content (AvgIpc) is 2.94. The normalized spacial score (nSPS) is 11.4. The molecule has 0 atom stereocenters. The molecule has 2 aromatic carbocycles. The standard InChI is InChI=1S/C17H16N2O2S2/c1-12-5-3-8-16(9-12)23(20,21)19-15-7-4-6-14(10-15)17-11-22-13(2)18-17/h3-11,19H,1-2H3. The van der Waals surface area contributed by atoms with Crippen molar-refractivity contribution in [1.82, 2.24) is 4.98 Å². The Kier molecular flexibility index (Phi) is 4.19. The van der Waals surface area contributed by atoms with E-state index in [1.807, 2.05) is 37.4 Å². The van der Waals surface area contributed by atoms with Crippen LogP contribution in [0.15, 0.2) is 58.8 Å². The van der Waals surface area contributed by atoms with Crippen LogP contribution in [0.5, 0.6) is 0 Å². The van der Waals surface area contributed by atoms with E-state index in [0.717, 1.165) is 21.8 Å². The van der Waals surface area contributed by atoms with Gasteiger partial charge < -0.3 is 0 Å². The van der Waals surface area contributed by atoms with Gasteiger partial charge in [0, 0.05) is 16.6 Å². The fourth-order valence-corrected chi connectivity index (χ4v) is 4.01. The van der Waals surface area contributed by atoms with Gasteiger partial charge in [-0.25, -0.2) is 13.4 Å². The number of nitrogens with one attached hydrogen (secondary N) is 1. The van der Waals surface area contributed by atoms with Crippen molar-refractivity contribution in [1.29, 1.82) is 0 Å². The van der Waals surface area contributed by atoms with E-state index in [1.165, 1.54) is 0 Å². The van der Waals surface area contributed by atoms with Crippen molar-refractivity contribution >= 4 is 27.0 Å². The van der Waals surface area contributed by atoms with Gasteiger partial charge in [-0.2, -0.15) is 0 Å². The number of sulfonamides is 1. The Morgan fingerprint density at radius 2 is 1.83 bits per heavy atom. The molecule has 0 aliphatic carbocycles. The molecule has 1 N–H and O–H groups in total. The second-order valence-electron chi connectivity index (χ2n) is 5.25. The van der Waals surface area contributed by atoms with Gasteiger partial charge in [0.25, 0.3) is 10.0 Å². The summed E-state index contributed by atoms with van der Waals surface area (Å²) in [6, 6.07) is 14.1. The first-order valence-electron chi connectivity index (χ1n) is 7.06. The summed E-state index contributed by atoms with van der Waals surface area (Å²) in [4.78, 5) is 4.69. The molecule has 0 unspecified atom stereocenters. The summed E-state index contributed by atoms with van der Waals surface area (Å²) in [6.07, 6.45) is 0. The van der Waals surface area contributed by atoms with E-state index in [-0.39, 0.29) is 4.90 Å². The minimum Gasteiger partial charge on any atom is -0.280 e. The van der Waals surface area contributed by atoms with Gasteiger partial charge in [-0.15, -0.1) is 11.3 Å². The Hall–Kier alpha value is -2.18. The van der Waals surface area contributed by atoms with E-state index < -0.39 is 10.0 Å². The van der Waals surface area contributed by atoms with E-state index in [0.29, 0.717) is 5.69 Å². The summed E-state index contributed by atoms with van der Waals surface area (Å²) in [5, 5.41) is 2.94. The second kappa shape index (κ2) is 6.14. The Bertz CT molecular complexity index is 946. The van der Waals surface area contributed by atoms with Crippen LogP contribution in [-0.2, 0) is 10.0 Å². The molecule has 0 saturated heterocycles. The van der Waals surface area contributed by atoms with Crippen LogP contribution in [0.2, 0.25) is 0 Å². The van der Waals surface area contributed by atoms with Crippen LogP contribution in [0.25, 0.3) is 11.3 Å². The molecule has 1 aromatic heterocycles. The van der Waals surface area contributed by atoms with Gasteiger partial charge in [0.2, 0.25) is 0 Å². The van der Waals surface area contributed by atoms with Crippen molar-refractivity contribution in [3.63, 3.8) is 0 Å². The maximum Gasteiger partial charge on any atom is 0.261 e. The van der Waals surface area contributed by atoms with Gasteiger partial charge >= 0.3 is 0 Å². The summed E-state index contributed by atoms with van der Waals surface area (Å²) in [5.41, 5.74) is 3.16. The molecule has 0 saturated carbocycles. The van der Waals surface area contributed by atoms with Crippen LogP contribution < -0.4 is 4.72 Å². The number of hydrogen-bond acceptors (Lipinski definition) is 4. The smallest absolute Gasteiger partial charge is 0.261 e. The highest BCUT2D eigenvalue weighted by molar-refractivity contribution is 7.92. The zero-order valence-corrected chi connectivity index (χ0v) is 14.4. The van der Waals surface area contributed by atoms with E-state index >= 15 is 0 Å². The SMILES string of the molecule is Cc1cccc(S(=O)(=O)Nc2cccc(-c3csc(C)n3)c2)c1. The first kappa shape index (κ1) is 15.7. The zero-order valence-electron chi connectivity index (χ0n) is 12.8. The monoisotopic (exact) mass is 344 g/mol. The van der Waals surface area contributed by atoms with Crippen molar-refractivity contribution in [2.45, 2.75) is 18.7 Å². The number of aromatic nitrogens is 1. The number of hydrogen-bond donors (Lipinski definition) is 1. The topological polar surface area (TPSA) is 59.1 Å². The fourth-order valence-electron chi connectivity index (χ4n) is 2.23. The largest absolute Gasteiger partial charge is 0.280 e. The fraction of sp³-hybridized carbons (Fsp3) is 0.118. The molecule has 4 nitrogen and oxygen atoms in total. The van der Waals surface area contributed by atoms with E-state index in [4.69, 9.17) is 0 Å². The predicted molar refractivity (Wildman–Crippen MR) is 94.3 cm³/mol. The summed E-state index contributed by atoms with van der Waals surface area (Å²) in [5.74, 6) is 0. The highest BCUT2D eigenvalue weighted by Gasteiger charge is 2.14. The van der Waals surface area contributed by atoms with Crippen molar-refractivity contribution in [2.24, 2.45) is 0 Å². The number of thiazole rings is 1. The van der Waals surface area contributed by atoms with Crippen molar-refractivity contribution in [3.05, 3.63) is 64.5 Å². The molecule has 0 bridgehead atoms. The lowest BCUT2D eigenvalue weighted by Crippen LogP contribution is -2.13. The molecule has 23 heavy (non-hydrogen) atoms. The summed E-state index contributed by atoms with van der Waals surface area (Å²) < 4.78 is 27.6. The molecule has 1 heterocycles. The number of benzene rings is 2. The number of aryl methyl sites for hydroxylation is 2. The second-order valence-corrected chi connectivity index (χ2v) is 8.00. The molecule has 0 amide bonds. The number of nitrogens with zero attached hydrogens (tertiary/aromatic N) is 1. The van der Waals surface area contributed by atoms with Gasteiger partial charge in [0.05, 0.1) is 15.6 Å². The Labute approximate surface area is 139 Å². The van der Waals surface area contributed by atoms with Crippen LogP contribution in [0.3, 0.4) is 0 Å². The molecule has 0 spiro atoms. The Morgan fingerprint density at radius 3 is 2.52 bits per heavy atom. The average molecular weight is 344 g/mol. The molecule has 118 valence electrons. The first-order valence-corrected chi connectivity index (χ1v) is 9.42. The molecule has 0 aliphatic heterocycles. The predicted octanol–water partition coefficient (Wildman–Crippen LogP) is 4.23. The van der Waals surface area contributed by atoms with Crippen LogP contribution in [0, 0.1) is 13.8 Å². The number of rotatable bonds is 4. The van der Waals surface area contributed by atoms with Gasteiger partial charge in [-0.3, -0.25) is 4.72 Å². The van der Waals surface area contributed by atoms with Crippen LogP contribution in [0.4, 0.5) is 5.69 Å². The van der Waals surface area contributed by atoms with Crippen LogP contribution >= 0.6 is 11.3 Å². The third kappa shape index (κ3) is 3.60. The molecule has 0 aliphatic rings. The molecule has 3 aromatic rings. The highest BCUT2D eigenvalue weighted by Crippen LogP contribution is 2.25. The lowest BCUT2D eigenvalue weighted by atomic mass is 10.1. The minimum absolute atomic E-state index is 0.257. The third-order valence-corrected chi connectivity index (χ3v) is 5.48. The summed E-state index contributed by atoms with van der Waals surface area (Å²) in [6.45, 7) is 3.81. The van der Waals surface area contributed by atoms with Crippen LogP contribution in [0.1, 0.15) is 10.6 Å². The molecule has 6 heteroatoms. The maximum absolute atomic E-state index is 12.5. The third-order valence-electron chi connectivity index (χ3n) is 3.33. The molecule has 0 radical (unpaired) electrons. The van der Waals surface area contributed by atoms with E-state index in [1.54, 1.807) is 41.7 Å². The van der Waals surface area contributed by atoms with Crippen molar-refractivity contribution < 1.29 is 8.42 Å². The van der Waals surface area contributed by atoms with E-state index in [2.05, 4.69) is 9.71 Å². The summed E-state index contributed by atoms with van der Waals surface area (Å²) >= 11 is 1.57. The van der Waals surface area contributed by atoms with Crippen molar-refractivity contribution in [2.75, 3.05) is 4.72 Å². The first-order chi connectivity index (χ1) is 10.9. The van der Waals surface area contributed by atoms with Gasteiger partial charge in [0.1, 0.15) is 0 Å². The molecular weight excluding hydrogens is 328 g/mol. The molecule has 3 rings (SSSR count). The minimum atomic E-state index is -3.60. The maximum atomic E-state index is 12.5. The number of anilines is 1. The van der Waals surface area contributed by atoms with Crippen molar-refractivity contribution in [3.8, 4) is 11.3 Å². The van der Waals surface area contributed by atoms with Gasteiger partial charge in [-0.1, -0.05) is 24.3 Å². The molecular formula is C17H16N2O2S2. The molecule has 0 fully saturated rings. The lowest BCUT2D eigenvalue weighted by molar-refractivity contribution is 0.601. The quantitative estimate of drug-likeness (QED) is 0.770. The Morgan fingerprint density at radius 1 is 1.04 bits per heavy atom.